The van der Waals surface area contributed by atoms with Crippen LogP contribution >= 0.6 is 27.3 Å². The van der Waals surface area contributed by atoms with E-state index in [0.29, 0.717) is 11.5 Å². The second kappa shape index (κ2) is 6.95. The lowest BCUT2D eigenvalue weighted by Crippen LogP contribution is -1.97. The van der Waals surface area contributed by atoms with Gasteiger partial charge >= 0.3 is 0 Å². The first kappa shape index (κ1) is 15.1. The number of benzene rings is 1. The molecule has 1 N–H and O–H groups in total. The van der Waals surface area contributed by atoms with E-state index in [1.807, 2.05) is 18.3 Å². The van der Waals surface area contributed by atoms with Crippen LogP contribution in [0, 0.1) is 0 Å². The zero-order valence-corrected chi connectivity index (χ0v) is 14.1. The van der Waals surface area contributed by atoms with E-state index in [1.54, 1.807) is 25.6 Å². The molecular formula is C14H17BrN2O2S. The summed E-state index contributed by atoms with van der Waals surface area (Å²) in [7, 11) is 3.26. The van der Waals surface area contributed by atoms with E-state index in [4.69, 9.17) is 9.47 Å². The molecule has 4 nitrogen and oxygen atoms in total. The first-order valence-electron chi connectivity index (χ1n) is 6.31. The van der Waals surface area contributed by atoms with Gasteiger partial charge in [0.25, 0.3) is 0 Å². The van der Waals surface area contributed by atoms with E-state index >= 15 is 0 Å². The lowest BCUT2D eigenvalue weighted by molar-refractivity contribution is 0.355. The van der Waals surface area contributed by atoms with Crippen molar-refractivity contribution in [2.24, 2.45) is 0 Å². The highest BCUT2D eigenvalue weighted by atomic mass is 79.9. The molecule has 6 heteroatoms. The molecule has 2 rings (SSSR count). The Morgan fingerprint density at radius 3 is 2.60 bits per heavy atom. The van der Waals surface area contributed by atoms with Crippen LogP contribution in [0.3, 0.4) is 0 Å². The van der Waals surface area contributed by atoms with Crippen molar-refractivity contribution in [2.45, 2.75) is 13.3 Å². The van der Waals surface area contributed by atoms with Gasteiger partial charge in [-0.15, -0.1) is 0 Å². The molecule has 1 heterocycles. The number of hydrogen-bond donors (Lipinski definition) is 1. The number of ether oxygens (including phenoxy) is 2. The van der Waals surface area contributed by atoms with Gasteiger partial charge in [0.1, 0.15) is 0 Å². The third-order valence-corrected chi connectivity index (χ3v) is 4.42. The van der Waals surface area contributed by atoms with Gasteiger partial charge in [0.15, 0.2) is 16.6 Å². The van der Waals surface area contributed by atoms with Gasteiger partial charge in [-0.2, -0.15) is 0 Å². The molecule has 0 saturated carbocycles. The zero-order valence-electron chi connectivity index (χ0n) is 11.7. The predicted molar refractivity (Wildman–Crippen MR) is 87.1 cm³/mol. The summed E-state index contributed by atoms with van der Waals surface area (Å²) in [6.45, 7) is 3.06. The van der Waals surface area contributed by atoms with Crippen LogP contribution in [0.4, 0.5) is 5.13 Å². The summed E-state index contributed by atoms with van der Waals surface area (Å²) in [5.41, 5.74) is 1.05. The van der Waals surface area contributed by atoms with E-state index in [-0.39, 0.29) is 0 Å². The van der Waals surface area contributed by atoms with Gasteiger partial charge < -0.3 is 14.8 Å². The monoisotopic (exact) mass is 356 g/mol. The van der Waals surface area contributed by atoms with Crippen LogP contribution < -0.4 is 14.8 Å². The van der Waals surface area contributed by atoms with Gasteiger partial charge in [-0.25, -0.2) is 4.98 Å². The van der Waals surface area contributed by atoms with Crippen LogP contribution in [0.1, 0.15) is 13.3 Å². The Balaban J connectivity index is 2.34. The number of nitrogens with zero attached hydrogens (tertiary/aromatic N) is 1. The van der Waals surface area contributed by atoms with Crippen molar-refractivity contribution in [1.82, 2.24) is 4.98 Å². The normalized spacial score (nSPS) is 10.4. The number of aromatic nitrogens is 1. The topological polar surface area (TPSA) is 43.4 Å². The van der Waals surface area contributed by atoms with Crippen LogP contribution in [0.15, 0.2) is 22.8 Å². The van der Waals surface area contributed by atoms with Gasteiger partial charge in [-0.05, 0) is 34.5 Å². The maximum Gasteiger partial charge on any atom is 0.183 e. The van der Waals surface area contributed by atoms with E-state index < -0.39 is 0 Å². The summed E-state index contributed by atoms with van der Waals surface area (Å²) in [6.07, 6.45) is 2.95. The van der Waals surface area contributed by atoms with Crippen molar-refractivity contribution in [3.63, 3.8) is 0 Å². The molecule has 0 fully saturated rings. The van der Waals surface area contributed by atoms with Crippen LogP contribution in [0.2, 0.25) is 0 Å². The van der Waals surface area contributed by atoms with E-state index in [0.717, 1.165) is 33.0 Å². The fourth-order valence-electron chi connectivity index (χ4n) is 1.76. The standard InChI is InChI=1S/C14H17BrN2O2S/c1-4-5-16-14-17-8-13(20-14)9-6-11(18-2)12(19-3)7-10(9)15/h6-8H,4-5H2,1-3H3,(H,16,17). The van der Waals surface area contributed by atoms with E-state index in [2.05, 4.69) is 33.2 Å². The molecule has 0 saturated heterocycles. The Kier molecular flexibility index (Phi) is 5.25. The molecule has 1 aromatic carbocycles. The molecule has 20 heavy (non-hydrogen) atoms. The minimum absolute atomic E-state index is 0.706. The minimum atomic E-state index is 0.706. The summed E-state index contributed by atoms with van der Waals surface area (Å²) >= 11 is 5.20. The number of anilines is 1. The Morgan fingerprint density at radius 1 is 1.25 bits per heavy atom. The Morgan fingerprint density at radius 2 is 1.95 bits per heavy atom. The molecule has 0 aliphatic heterocycles. The van der Waals surface area contributed by atoms with Crippen molar-refractivity contribution in [3.8, 4) is 21.9 Å². The predicted octanol–water partition coefficient (Wildman–Crippen LogP) is 4.41. The lowest BCUT2D eigenvalue weighted by Gasteiger charge is -2.10. The molecule has 2 aromatic rings. The summed E-state index contributed by atoms with van der Waals surface area (Å²) in [6, 6.07) is 3.87. The number of methoxy groups -OCH3 is 2. The molecule has 0 radical (unpaired) electrons. The Bertz CT molecular complexity index is 587. The summed E-state index contributed by atoms with van der Waals surface area (Å²) in [4.78, 5) is 5.46. The minimum Gasteiger partial charge on any atom is -0.493 e. The van der Waals surface area contributed by atoms with Crippen LogP contribution in [-0.4, -0.2) is 25.7 Å². The molecule has 0 unspecified atom stereocenters. The third kappa shape index (κ3) is 3.24. The summed E-state index contributed by atoms with van der Waals surface area (Å²) < 4.78 is 11.6. The summed E-state index contributed by atoms with van der Waals surface area (Å²) in [5, 5.41) is 4.23. The molecule has 1 aromatic heterocycles. The third-order valence-electron chi connectivity index (χ3n) is 2.77. The number of halogens is 1. The molecule has 0 atom stereocenters. The van der Waals surface area contributed by atoms with Gasteiger partial charge in [-0.1, -0.05) is 18.3 Å². The highest BCUT2D eigenvalue weighted by Crippen LogP contribution is 2.40. The SMILES string of the molecule is CCCNc1ncc(-c2cc(OC)c(OC)cc2Br)s1. The average Bonchev–Trinajstić information content (AvgIpc) is 2.93. The highest BCUT2D eigenvalue weighted by Gasteiger charge is 2.13. The number of rotatable bonds is 6. The molecule has 108 valence electrons. The number of nitrogens with one attached hydrogen (secondary N) is 1. The van der Waals surface area contributed by atoms with E-state index in [1.165, 1.54) is 0 Å². The van der Waals surface area contributed by atoms with Crippen molar-refractivity contribution >= 4 is 32.4 Å². The smallest absolute Gasteiger partial charge is 0.183 e. The lowest BCUT2D eigenvalue weighted by atomic mass is 10.2. The molecule has 0 aliphatic carbocycles. The van der Waals surface area contributed by atoms with Crippen LogP contribution in [-0.2, 0) is 0 Å². The van der Waals surface area contributed by atoms with Crippen molar-refractivity contribution in [3.05, 3.63) is 22.8 Å². The average molecular weight is 357 g/mol. The molecular weight excluding hydrogens is 340 g/mol. The van der Waals surface area contributed by atoms with Crippen LogP contribution in [0.5, 0.6) is 11.5 Å². The van der Waals surface area contributed by atoms with Crippen molar-refractivity contribution in [2.75, 3.05) is 26.1 Å². The molecule has 0 amide bonds. The zero-order chi connectivity index (χ0) is 14.5. The Hall–Kier alpha value is -1.27. The molecule has 0 bridgehead atoms. The first-order chi connectivity index (χ1) is 9.69. The quantitative estimate of drug-likeness (QED) is 0.832. The fourth-order valence-corrected chi connectivity index (χ4v) is 3.29. The Labute approximate surface area is 131 Å². The maximum atomic E-state index is 5.35. The largest absolute Gasteiger partial charge is 0.493 e. The van der Waals surface area contributed by atoms with Crippen molar-refractivity contribution < 1.29 is 9.47 Å². The molecule has 0 aliphatic rings. The number of hydrogen-bond acceptors (Lipinski definition) is 5. The number of thiazole rings is 1. The van der Waals surface area contributed by atoms with Gasteiger partial charge in [-0.3, -0.25) is 0 Å². The van der Waals surface area contributed by atoms with Crippen LogP contribution in [0.25, 0.3) is 10.4 Å². The second-order valence-corrected chi connectivity index (χ2v) is 6.03. The summed E-state index contributed by atoms with van der Waals surface area (Å²) in [5.74, 6) is 1.42. The second-order valence-electron chi connectivity index (χ2n) is 4.14. The van der Waals surface area contributed by atoms with Gasteiger partial charge in [0, 0.05) is 22.8 Å². The molecule has 0 spiro atoms. The van der Waals surface area contributed by atoms with Gasteiger partial charge in [0.05, 0.1) is 19.1 Å². The maximum absolute atomic E-state index is 5.35. The van der Waals surface area contributed by atoms with E-state index in [9.17, 15) is 0 Å². The van der Waals surface area contributed by atoms with Crippen molar-refractivity contribution in [1.29, 1.82) is 0 Å². The highest BCUT2D eigenvalue weighted by molar-refractivity contribution is 9.10. The van der Waals surface area contributed by atoms with Gasteiger partial charge in [0.2, 0.25) is 0 Å². The fraction of sp³-hybridized carbons (Fsp3) is 0.357. The first-order valence-corrected chi connectivity index (χ1v) is 7.92.